The lowest BCUT2D eigenvalue weighted by Gasteiger charge is -2.42. The van der Waals surface area contributed by atoms with Crippen LogP contribution in [0.15, 0.2) is 30.3 Å². The number of benzene rings is 1. The second kappa shape index (κ2) is 8.70. The van der Waals surface area contributed by atoms with Crippen molar-refractivity contribution in [2.45, 2.75) is 63.3 Å². The second-order valence-corrected chi connectivity index (χ2v) is 7.84. The van der Waals surface area contributed by atoms with Gasteiger partial charge in [0.25, 0.3) is 0 Å². The standard InChI is InChI=1S/C21H33N3O/c1-18-9-5-6-15-24(18)16-8-14-22-20(25)23-17-21(12-7-13-21)19-10-3-2-4-11-19/h2-4,10-11,18H,5-9,12-17H2,1H3,(H2,22,23,25). The molecule has 25 heavy (non-hydrogen) atoms. The van der Waals surface area contributed by atoms with Gasteiger partial charge in [-0.05, 0) is 51.1 Å². The van der Waals surface area contributed by atoms with Gasteiger partial charge in [-0.2, -0.15) is 0 Å². The van der Waals surface area contributed by atoms with Crippen molar-refractivity contribution in [3.8, 4) is 0 Å². The molecule has 2 amide bonds. The summed E-state index contributed by atoms with van der Waals surface area (Å²) in [5.41, 5.74) is 1.52. The van der Waals surface area contributed by atoms with Crippen molar-refractivity contribution in [1.82, 2.24) is 15.5 Å². The highest BCUT2D eigenvalue weighted by Crippen LogP contribution is 2.43. The van der Waals surface area contributed by atoms with Gasteiger partial charge >= 0.3 is 6.03 Å². The van der Waals surface area contributed by atoms with E-state index >= 15 is 0 Å². The number of piperidine rings is 1. The molecule has 4 nitrogen and oxygen atoms in total. The van der Waals surface area contributed by atoms with Gasteiger partial charge in [0.1, 0.15) is 0 Å². The Hall–Kier alpha value is -1.55. The fraction of sp³-hybridized carbons (Fsp3) is 0.667. The van der Waals surface area contributed by atoms with Gasteiger partial charge in [0, 0.05) is 31.1 Å². The van der Waals surface area contributed by atoms with Gasteiger partial charge in [-0.15, -0.1) is 0 Å². The Morgan fingerprint density at radius 3 is 2.64 bits per heavy atom. The molecule has 2 fully saturated rings. The van der Waals surface area contributed by atoms with Gasteiger partial charge in [-0.3, -0.25) is 0 Å². The van der Waals surface area contributed by atoms with E-state index in [1.807, 2.05) is 0 Å². The third kappa shape index (κ3) is 4.75. The van der Waals surface area contributed by atoms with E-state index in [1.54, 1.807) is 0 Å². The minimum atomic E-state index is -0.0195. The van der Waals surface area contributed by atoms with Crippen LogP contribution in [-0.2, 0) is 5.41 Å². The third-order valence-corrected chi connectivity index (χ3v) is 6.13. The van der Waals surface area contributed by atoms with E-state index in [0.717, 1.165) is 26.1 Å². The van der Waals surface area contributed by atoms with Crippen LogP contribution in [0.4, 0.5) is 4.79 Å². The van der Waals surface area contributed by atoms with E-state index < -0.39 is 0 Å². The molecule has 3 rings (SSSR count). The van der Waals surface area contributed by atoms with Crippen LogP contribution in [0.1, 0.15) is 57.4 Å². The molecule has 1 heterocycles. The molecule has 1 saturated carbocycles. The largest absolute Gasteiger partial charge is 0.338 e. The predicted molar refractivity (Wildman–Crippen MR) is 103 cm³/mol. The van der Waals surface area contributed by atoms with Crippen LogP contribution < -0.4 is 10.6 Å². The summed E-state index contributed by atoms with van der Waals surface area (Å²) in [7, 11) is 0. The number of nitrogens with one attached hydrogen (secondary N) is 2. The van der Waals surface area contributed by atoms with Crippen LogP contribution in [0.5, 0.6) is 0 Å². The van der Waals surface area contributed by atoms with E-state index in [-0.39, 0.29) is 11.4 Å². The monoisotopic (exact) mass is 343 g/mol. The zero-order chi connectivity index (χ0) is 17.5. The summed E-state index contributed by atoms with van der Waals surface area (Å²) in [6.45, 7) is 6.13. The molecule has 1 aromatic carbocycles. The van der Waals surface area contributed by atoms with Crippen LogP contribution in [0.25, 0.3) is 0 Å². The maximum absolute atomic E-state index is 12.1. The van der Waals surface area contributed by atoms with E-state index in [0.29, 0.717) is 6.04 Å². The summed E-state index contributed by atoms with van der Waals surface area (Å²) in [5, 5.41) is 6.14. The summed E-state index contributed by atoms with van der Waals surface area (Å²) < 4.78 is 0. The van der Waals surface area contributed by atoms with Crippen LogP contribution in [-0.4, -0.2) is 43.2 Å². The average Bonchev–Trinajstić information content (AvgIpc) is 2.60. The molecule has 4 heteroatoms. The first-order valence-electron chi connectivity index (χ1n) is 10.0. The van der Waals surface area contributed by atoms with Crippen molar-refractivity contribution < 1.29 is 4.79 Å². The molecule has 0 radical (unpaired) electrons. The Balaban J connectivity index is 1.35. The molecule has 0 bridgehead atoms. The van der Waals surface area contributed by atoms with Crippen molar-refractivity contribution in [2.75, 3.05) is 26.2 Å². The Kier molecular flexibility index (Phi) is 6.35. The van der Waals surface area contributed by atoms with Gasteiger partial charge in [0.15, 0.2) is 0 Å². The van der Waals surface area contributed by atoms with Crippen LogP contribution in [0, 0.1) is 0 Å². The van der Waals surface area contributed by atoms with E-state index in [1.165, 1.54) is 50.6 Å². The number of likely N-dealkylation sites (tertiary alicyclic amines) is 1. The molecule has 1 aliphatic carbocycles. The Morgan fingerprint density at radius 1 is 1.16 bits per heavy atom. The van der Waals surface area contributed by atoms with Crippen molar-refractivity contribution in [3.05, 3.63) is 35.9 Å². The maximum Gasteiger partial charge on any atom is 0.314 e. The van der Waals surface area contributed by atoms with Gasteiger partial charge in [0.05, 0.1) is 0 Å². The first-order valence-corrected chi connectivity index (χ1v) is 10.0. The summed E-state index contributed by atoms with van der Waals surface area (Å²) in [6, 6.07) is 11.3. The molecular formula is C21H33N3O. The fourth-order valence-corrected chi connectivity index (χ4v) is 4.25. The zero-order valence-corrected chi connectivity index (χ0v) is 15.6. The predicted octanol–water partition coefficient (Wildman–Crippen LogP) is 3.67. The SMILES string of the molecule is CC1CCCCN1CCCNC(=O)NCC1(c2ccccc2)CCC1. The number of amides is 2. The Morgan fingerprint density at radius 2 is 1.96 bits per heavy atom. The lowest BCUT2D eigenvalue weighted by molar-refractivity contribution is 0.159. The molecule has 1 atom stereocenters. The normalized spacial score (nSPS) is 22.8. The minimum absolute atomic E-state index is 0.0195. The van der Waals surface area contributed by atoms with Crippen molar-refractivity contribution in [2.24, 2.45) is 0 Å². The first kappa shape index (κ1) is 18.2. The molecule has 1 aliphatic heterocycles. The molecule has 1 aromatic rings. The van der Waals surface area contributed by atoms with Gasteiger partial charge in [-0.1, -0.05) is 43.2 Å². The van der Waals surface area contributed by atoms with E-state index in [4.69, 9.17) is 0 Å². The molecule has 1 unspecified atom stereocenters. The quantitative estimate of drug-likeness (QED) is 0.742. The lowest BCUT2D eigenvalue weighted by atomic mass is 9.64. The molecule has 1 saturated heterocycles. The fourth-order valence-electron chi connectivity index (χ4n) is 4.25. The highest BCUT2D eigenvalue weighted by Gasteiger charge is 2.38. The number of carbonyl (C=O) groups is 1. The van der Waals surface area contributed by atoms with Crippen molar-refractivity contribution in [3.63, 3.8) is 0 Å². The van der Waals surface area contributed by atoms with Crippen LogP contribution in [0.3, 0.4) is 0 Å². The first-order chi connectivity index (χ1) is 12.2. The van der Waals surface area contributed by atoms with Crippen LogP contribution >= 0.6 is 0 Å². The molecule has 0 aromatic heterocycles. The summed E-state index contributed by atoms with van der Waals surface area (Å²) in [4.78, 5) is 14.7. The second-order valence-electron chi connectivity index (χ2n) is 7.84. The van der Waals surface area contributed by atoms with Gasteiger partial charge in [-0.25, -0.2) is 4.79 Å². The average molecular weight is 344 g/mol. The highest BCUT2D eigenvalue weighted by molar-refractivity contribution is 5.74. The van der Waals surface area contributed by atoms with Crippen molar-refractivity contribution in [1.29, 1.82) is 0 Å². The molecule has 0 spiro atoms. The van der Waals surface area contributed by atoms with E-state index in [2.05, 4.69) is 52.8 Å². The highest BCUT2D eigenvalue weighted by atomic mass is 16.2. The molecule has 2 N–H and O–H groups in total. The minimum Gasteiger partial charge on any atom is -0.338 e. The summed E-state index contributed by atoms with van der Waals surface area (Å²) in [6.07, 6.45) is 8.62. The van der Waals surface area contributed by atoms with E-state index in [9.17, 15) is 4.79 Å². The maximum atomic E-state index is 12.1. The van der Waals surface area contributed by atoms with Crippen LogP contribution in [0.2, 0.25) is 0 Å². The Labute approximate surface area is 152 Å². The summed E-state index contributed by atoms with van der Waals surface area (Å²) in [5.74, 6) is 0. The number of hydrogen-bond acceptors (Lipinski definition) is 2. The third-order valence-electron chi connectivity index (χ3n) is 6.13. The number of urea groups is 1. The zero-order valence-electron chi connectivity index (χ0n) is 15.6. The number of nitrogens with zero attached hydrogens (tertiary/aromatic N) is 1. The lowest BCUT2D eigenvalue weighted by Crippen LogP contribution is -2.48. The summed E-state index contributed by atoms with van der Waals surface area (Å²) >= 11 is 0. The number of hydrogen-bond donors (Lipinski definition) is 2. The van der Waals surface area contributed by atoms with Crippen molar-refractivity contribution >= 4 is 6.03 Å². The molecule has 138 valence electrons. The number of carbonyl (C=O) groups excluding carboxylic acids is 1. The smallest absolute Gasteiger partial charge is 0.314 e. The molecule has 2 aliphatic rings. The molecular weight excluding hydrogens is 310 g/mol. The topological polar surface area (TPSA) is 44.4 Å². The van der Waals surface area contributed by atoms with Gasteiger partial charge < -0.3 is 15.5 Å². The Bertz CT molecular complexity index is 541. The number of rotatable bonds is 7. The van der Waals surface area contributed by atoms with Gasteiger partial charge in [0.2, 0.25) is 0 Å².